The Bertz CT molecular complexity index is 825. The van der Waals surface area contributed by atoms with Gasteiger partial charge >= 0.3 is 5.97 Å². The summed E-state index contributed by atoms with van der Waals surface area (Å²) in [5.74, 6) is -1.01. The summed E-state index contributed by atoms with van der Waals surface area (Å²) >= 11 is 0. The fraction of sp³-hybridized carbons (Fsp3) is 0.118. The van der Waals surface area contributed by atoms with Gasteiger partial charge in [0.05, 0.1) is 10.5 Å². The number of rotatable bonds is 5. The Hall–Kier alpha value is -3.35. The third-order valence-corrected chi connectivity index (χ3v) is 3.20. The molecule has 0 spiro atoms. The average molecular weight is 326 g/mol. The second-order valence-corrected chi connectivity index (χ2v) is 4.94. The topological polar surface area (TPSA) is 98.9 Å². The molecule has 122 valence electrons. The number of nitro benzene ring substituents is 1. The van der Waals surface area contributed by atoms with E-state index in [0.717, 1.165) is 0 Å². The molecule has 2 aromatic carbocycles. The van der Waals surface area contributed by atoms with Gasteiger partial charge < -0.3 is 4.84 Å². The molecule has 0 amide bonds. The number of ketones is 1. The summed E-state index contributed by atoms with van der Waals surface area (Å²) in [4.78, 5) is 37.9. The Morgan fingerprint density at radius 1 is 1.04 bits per heavy atom. The zero-order chi connectivity index (χ0) is 17.7. The molecule has 0 bridgehead atoms. The van der Waals surface area contributed by atoms with Crippen molar-refractivity contribution in [3.05, 3.63) is 64.2 Å². The summed E-state index contributed by atoms with van der Waals surface area (Å²) in [6.07, 6.45) is 0. The van der Waals surface area contributed by atoms with Gasteiger partial charge in [-0.25, -0.2) is 4.79 Å². The second-order valence-electron chi connectivity index (χ2n) is 4.94. The van der Waals surface area contributed by atoms with E-state index in [1.54, 1.807) is 42.5 Å². The van der Waals surface area contributed by atoms with E-state index in [0.29, 0.717) is 16.7 Å². The first-order valence-corrected chi connectivity index (χ1v) is 7.01. The lowest BCUT2D eigenvalue weighted by Crippen LogP contribution is -2.11. The van der Waals surface area contributed by atoms with Crippen molar-refractivity contribution >= 4 is 23.2 Å². The summed E-state index contributed by atoms with van der Waals surface area (Å²) in [6.45, 7) is 2.62. The third kappa shape index (κ3) is 3.89. The average Bonchev–Trinajstić information content (AvgIpc) is 2.59. The predicted octanol–water partition coefficient (Wildman–Crippen LogP) is 3.38. The maximum absolute atomic E-state index is 12.1. The van der Waals surface area contributed by atoms with Crippen molar-refractivity contribution in [2.24, 2.45) is 5.16 Å². The Morgan fingerprint density at radius 2 is 1.67 bits per heavy atom. The van der Waals surface area contributed by atoms with Gasteiger partial charge in [0.1, 0.15) is 5.71 Å². The van der Waals surface area contributed by atoms with Crippen molar-refractivity contribution in [3.63, 3.8) is 0 Å². The molecule has 2 aromatic rings. The molecule has 7 heteroatoms. The maximum atomic E-state index is 12.1. The molecule has 0 aliphatic heterocycles. The van der Waals surface area contributed by atoms with Crippen molar-refractivity contribution < 1.29 is 19.3 Å². The highest BCUT2D eigenvalue weighted by Gasteiger charge is 2.15. The monoisotopic (exact) mass is 326 g/mol. The number of carbonyl (C=O) groups excluding carboxylic acids is 2. The van der Waals surface area contributed by atoms with Crippen LogP contribution in [0.3, 0.4) is 0 Å². The van der Waals surface area contributed by atoms with Crippen LogP contribution in [0.25, 0.3) is 11.1 Å². The van der Waals surface area contributed by atoms with Crippen molar-refractivity contribution in [2.45, 2.75) is 13.8 Å². The minimum atomic E-state index is -0.617. The number of benzene rings is 2. The number of carbonyl (C=O) groups is 2. The smallest absolute Gasteiger partial charge is 0.318 e. The zero-order valence-corrected chi connectivity index (χ0v) is 13.1. The normalized spacial score (nSPS) is 11.0. The summed E-state index contributed by atoms with van der Waals surface area (Å²) < 4.78 is 0. The van der Waals surface area contributed by atoms with Crippen LogP contribution in [0.2, 0.25) is 0 Å². The van der Waals surface area contributed by atoms with Crippen LogP contribution >= 0.6 is 0 Å². The molecule has 0 atom stereocenters. The standard InChI is InChI=1S/C17H14N2O5/c1-11(18-24-12(2)20)17(21)14-9-7-13(8-10-14)15-5-3-4-6-16(15)19(22)23/h3-10H,1-2H3/b18-11-. The van der Waals surface area contributed by atoms with Crippen LogP contribution in [0.5, 0.6) is 0 Å². The van der Waals surface area contributed by atoms with E-state index in [1.807, 2.05) is 0 Å². The van der Waals surface area contributed by atoms with Gasteiger partial charge in [-0.3, -0.25) is 14.9 Å². The number of Topliss-reactive ketones (excluding diaryl/α,β-unsaturated/α-hetero) is 1. The molecule has 2 rings (SSSR count). The largest absolute Gasteiger partial charge is 0.331 e. The van der Waals surface area contributed by atoms with Crippen LogP contribution in [-0.4, -0.2) is 22.4 Å². The van der Waals surface area contributed by atoms with Crippen LogP contribution in [0, 0.1) is 10.1 Å². The van der Waals surface area contributed by atoms with E-state index in [2.05, 4.69) is 9.99 Å². The molecule has 0 unspecified atom stereocenters. The number of para-hydroxylation sites is 1. The molecule has 0 N–H and O–H groups in total. The van der Waals surface area contributed by atoms with Gasteiger partial charge in [0.25, 0.3) is 5.69 Å². The van der Waals surface area contributed by atoms with E-state index in [1.165, 1.54) is 19.9 Å². The van der Waals surface area contributed by atoms with Crippen LogP contribution < -0.4 is 0 Å². The van der Waals surface area contributed by atoms with Crippen LogP contribution in [0.15, 0.2) is 53.7 Å². The van der Waals surface area contributed by atoms with Crippen molar-refractivity contribution in [1.82, 2.24) is 0 Å². The quantitative estimate of drug-likeness (QED) is 0.276. The van der Waals surface area contributed by atoms with Gasteiger partial charge in [-0.05, 0) is 18.6 Å². The second kappa shape index (κ2) is 7.28. The van der Waals surface area contributed by atoms with Crippen LogP contribution in [0.1, 0.15) is 24.2 Å². The lowest BCUT2D eigenvalue weighted by Gasteiger charge is -2.05. The molecule has 0 fully saturated rings. The molecular weight excluding hydrogens is 312 g/mol. The van der Waals surface area contributed by atoms with E-state index < -0.39 is 16.7 Å². The molecule has 0 aliphatic rings. The van der Waals surface area contributed by atoms with Gasteiger partial charge in [-0.15, -0.1) is 0 Å². The molecule has 7 nitrogen and oxygen atoms in total. The summed E-state index contributed by atoms with van der Waals surface area (Å²) in [6, 6.07) is 12.7. The molecule has 0 saturated carbocycles. The number of hydrogen-bond donors (Lipinski definition) is 0. The van der Waals surface area contributed by atoms with Gasteiger partial charge in [0.15, 0.2) is 0 Å². The van der Waals surface area contributed by atoms with E-state index in [4.69, 9.17) is 0 Å². The van der Waals surface area contributed by atoms with Crippen LogP contribution in [-0.2, 0) is 9.63 Å². The van der Waals surface area contributed by atoms with Gasteiger partial charge in [-0.1, -0.05) is 41.6 Å². The van der Waals surface area contributed by atoms with Gasteiger partial charge in [0, 0.05) is 18.6 Å². The first-order chi connectivity index (χ1) is 11.4. The number of oxime groups is 1. The highest BCUT2D eigenvalue weighted by Crippen LogP contribution is 2.29. The molecule has 0 radical (unpaired) electrons. The lowest BCUT2D eigenvalue weighted by atomic mass is 10.00. The van der Waals surface area contributed by atoms with Crippen molar-refractivity contribution in [3.8, 4) is 11.1 Å². The van der Waals surface area contributed by atoms with E-state index >= 15 is 0 Å². The first kappa shape index (κ1) is 17.0. The Kier molecular flexibility index (Phi) is 5.16. The number of nitrogens with zero attached hydrogens (tertiary/aromatic N) is 2. The van der Waals surface area contributed by atoms with Crippen molar-refractivity contribution in [2.75, 3.05) is 0 Å². The Balaban J connectivity index is 2.29. The first-order valence-electron chi connectivity index (χ1n) is 7.01. The summed E-state index contributed by atoms with van der Waals surface area (Å²) in [7, 11) is 0. The molecule has 24 heavy (non-hydrogen) atoms. The minimum Gasteiger partial charge on any atom is -0.318 e. The molecular formula is C17H14N2O5. The number of hydrogen-bond acceptors (Lipinski definition) is 6. The third-order valence-electron chi connectivity index (χ3n) is 3.20. The lowest BCUT2D eigenvalue weighted by molar-refractivity contribution is -0.384. The van der Waals surface area contributed by atoms with E-state index in [-0.39, 0.29) is 11.4 Å². The van der Waals surface area contributed by atoms with Gasteiger partial charge in [-0.2, -0.15) is 0 Å². The minimum absolute atomic E-state index is 0.0100. The molecule has 0 aromatic heterocycles. The maximum Gasteiger partial charge on any atom is 0.331 e. The number of nitro groups is 1. The highest BCUT2D eigenvalue weighted by atomic mass is 16.7. The molecule has 0 aliphatic carbocycles. The Morgan fingerprint density at radius 3 is 2.25 bits per heavy atom. The fourth-order valence-corrected chi connectivity index (χ4v) is 2.06. The Labute approximate surface area is 137 Å². The summed E-state index contributed by atoms with van der Waals surface area (Å²) in [5, 5.41) is 14.5. The van der Waals surface area contributed by atoms with E-state index in [9.17, 15) is 19.7 Å². The molecule has 0 heterocycles. The fourth-order valence-electron chi connectivity index (χ4n) is 2.06. The summed E-state index contributed by atoms with van der Waals surface area (Å²) in [5.41, 5.74) is 1.44. The highest BCUT2D eigenvalue weighted by molar-refractivity contribution is 6.45. The SMILES string of the molecule is CC(=O)O/N=C(/C)C(=O)c1ccc(-c2ccccc2[N+](=O)[O-])cc1. The predicted molar refractivity (Wildman–Crippen MR) is 87.7 cm³/mol. The molecule has 0 saturated heterocycles. The van der Waals surface area contributed by atoms with Crippen LogP contribution in [0.4, 0.5) is 5.69 Å². The zero-order valence-electron chi connectivity index (χ0n) is 13.1. The van der Waals surface area contributed by atoms with Crippen molar-refractivity contribution in [1.29, 1.82) is 0 Å². The van der Waals surface area contributed by atoms with Gasteiger partial charge in [0.2, 0.25) is 5.78 Å².